The van der Waals surface area contributed by atoms with Crippen LogP contribution in [0.1, 0.15) is 28.2 Å². The third-order valence-electron chi connectivity index (χ3n) is 6.12. The molecule has 0 spiro atoms. The van der Waals surface area contributed by atoms with Crippen molar-refractivity contribution >= 4 is 12.2 Å². The summed E-state index contributed by atoms with van der Waals surface area (Å²) in [5.41, 5.74) is 6.48. The first-order valence-electron chi connectivity index (χ1n) is 11.3. The number of benzene rings is 3. The Labute approximate surface area is 204 Å². The molecule has 0 heterocycles. The van der Waals surface area contributed by atoms with Crippen molar-refractivity contribution < 1.29 is 24.2 Å². The van der Waals surface area contributed by atoms with Gasteiger partial charge in [0, 0.05) is 12.5 Å². The second kappa shape index (κ2) is 10.8. The molecule has 0 fully saturated rings. The normalized spacial score (nSPS) is 12.7. The molecule has 1 aliphatic rings. The Hall–Kier alpha value is -4.26. The molecular weight excluding hydrogens is 444 g/mol. The lowest BCUT2D eigenvalue weighted by atomic mass is 9.98. The van der Waals surface area contributed by atoms with E-state index in [-0.39, 0.29) is 18.3 Å². The van der Waals surface area contributed by atoms with E-state index >= 15 is 0 Å². The van der Waals surface area contributed by atoms with Gasteiger partial charge in [-0.2, -0.15) is 0 Å². The predicted octanol–water partition coefficient (Wildman–Crippen LogP) is 5.06. The van der Waals surface area contributed by atoms with Crippen molar-refractivity contribution in [1.29, 1.82) is 0 Å². The van der Waals surface area contributed by atoms with Crippen LogP contribution in [0.15, 0.2) is 85.1 Å². The molecule has 3 N–H and O–H groups in total. The lowest BCUT2D eigenvalue weighted by Gasteiger charge is -2.17. The van der Waals surface area contributed by atoms with Gasteiger partial charge in [-0.1, -0.05) is 79.4 Å². The zero-order chi connectivity index (χ0) is 24.8. The first kappa shape index (κ1) is 23.9. The number of hydrogen-bond acceptors (Lipinski definition) is 5. The number of carbonyl (C=O) groups is 2. The van der Waals surface area contributed by atoms with Gasteiger partial charge < -0.3 is 25.2 Å². The lowest BCUT2D eigenvalue weighted by Crippen LogP contribution is -2.37. The predicted molar refractivity (Wildman–Crippen MR) is 133 cm³/mol. The van der Waals surface area contributed by atoms with Crippen LogP contribution in [0, 0.1) is 0 Å². The van der Waals surface area contributed by atoms with Crippen LogP contribution < -0.4 is 10.6 Å². The van der Waals surface area contributed by atoms with E-state index in [1.54, 1.807) is 0 Å². The molecule has 1 aliphatic carbocycles. The highest BCUT2D eigenvalue weighted by Gasteiger charge is 2.29. The average molecular weight is 473 g/mol. The molecule has 7 nitrogen and oxygen atoms in total. The number of fused-ring (bicyclic) bond motifs is 3. The number of aliphatic hydroxyl groups excluding tert-OH is 1. The minimum absolute atomic E-state index is 0.0141. The van der Waals surface area contributed by atoms with E-state index in [0.29, 0.717) is 13.0 Å². The largest absolute Gasteiger partial charge is 0.511 e. The molecule has 0 saturated carbocycles. The summed E-state index contributed by atoms with van der Waals surface area (Å²) < 4.78 is 10.1. The maximum Gasteiger partial charge on any atom is 0.407 e. The highest BCUT2D eigenvalue weighted by Crippen LogP contribution is 2.44. The third kappa shape index (κ3) is 5.63. The van der Waals surface area contributed by atoms with E-state index in [2.05, 4.69) is 46.2 Å². The Morgan fingerprint density at radius 1 is 0.914 bits per heavy atom. The fourth-order valence-corrected chi connectivity index (χ4v) is 4.31. The van der Waals surface area contributed by atoms with Crippen molar-refractivity contribution in [3.05, 3.63) is 107 Å². The smallest absolute Gasteiger partial charge is 0.407 e. The van der Waals surface area contributed by atoms with Crippen LogP contribution in [0.25, 0.3) is 11.1 Å². The molecule has 0 aliphatic heterocycles. The van der Waals surface area contributed by atoms with Gasteiger partial charge in [0.2, 0.25) is 0 Å². The van der Waals surface area contributed by atoms with E-state index in [9.17, 15) is 14.7 Å². The van der Waals surface area contributed by atoms with Crippen LogP contribution in [-0.2, 0) is 22.4 Å². The number of rotatable bonds is 8. The van der Waals surface area contributed by atoms with Crippen LogP contribution in [0.4, 0.5) is 9.59 Å². The van der Waals surface area contributed by atoms with Crippen molar-refractivity contribution in [1.82, 2.24) is 10.6 Å². The molecule has 4 rings (SSSR count). The SMILES string of the molecule is C=C(O)[C@H](Cc1ccc(CNC(=O)OCC2c3ccccc3-c3ccccc32)cc1)NC(=O)OC. The van der Waals surface area contributed by atoms with Gasteiger partial charge in [0.1, 0.15) is 12.4 Å². The minimum atomic E-state index is -0.660. The fourth-order valence-electron chi connectivity index (χ4n) is 4.31. The summed E-state index contributed by atoms with van der Waals surface area (Å²) >= 11 is 0. The number of carbonyl (C=O) groups excluding carboxylic acids is 2. The van der Waals surface area contributed by atoms with Crippen LogP contribution in [0.5, 0.6) is 0 Å². The van der Waals surface area contributed by atoms with Gasteiger partial charge in [0.25, 0.3) is 0 Å². The zero-order valence-corrected chi connectivity index (χ0v) is 19.5. The molecule has 3 aromatic rings. The number of alkyl carbamates (subject to hydrolysis) is 2. The summed E-state index contributed by atoms with van der Waals surface area (Å²) in [6.07, 6.45) is -0.770. The Kier molecular flexibility index (Phi) is 7.35. The highest BCUT2D eigenvalue weighted by molar-refractivity contribution is 5.79. The van der Waals surface area contributed by atoms with Gasteiger partial charge in [0.05, 0.1) is 13.2 Å². The second-order valence-electron chi connectivity index (χ2n) is 8.38. The Morgan fingerprint density at radius 3 is 2.06 bits per heavy atom. The van der Waals surface area contributed by atoms with Crippen molar-refractivity contribution in [3.8, 4) is 11.1 Å². The molecule has 3 aromatic carbocycles. The molecule has 1 atom stereocenters. The zero-order valence-electron chi connectivity index (χ0n) is 19.5. The topological polar surface area (TPSA) is 96.9 Å². The first-order valence-corrected chi connectivity index (χ1v) is 11.3. The van der Waals surface area contributed by atoms with Crippen molar-refractivity contribution in [2.75, 3.05) is 13.7 Å². The molecule has 7 heteroatoms. The molecule has 0 unspecified atom stereocenters. The van der Waals surface area contributed by atoms with Crippen molar-refractivity contribution in [3.63, 3.8) is 0 Å². The molecule has 0 bridgehead atoms. The summed E-state index contributed by atoms with van der Waals surface area (Å²) in [6.45, 7) is 4.08. The van der Waals surface area contributed by atoms with E-state index in [1.165, 1.54) is 29.4 Å². The number of ether oxygens (including phenoxy) is 2. The number of nitrogens with one attached hydrogen (secondary N) is 2. The number of amides is 2. The van der Waals surface area contributed by atoms with Gasteiger partial charge >= 0.3 is 12.2 Å². The van der Waals surface area contributed by atoms with Gasteiger partial charge in [-0.3, -0.25) is 0 Å². The molecule has 0 aromatic heterocycles. The van der Waals surface area contributed by atoms with Crippen molar-refractivity contribution in [2.45, 2.75) is 24.9 Å². The number of methoxy groups -OCH3 is 1. The van der Waals surface area contributed by atoms with Crippen LogP contribution in [0.2, 0.25) is 0 Å². The summed E-state index contributed by atoms with van der Waals surface area (Å²) in [5.74, 6) is -0.142. The molecule has 0 saturated heterocycles. The Morgan fingerprint density at radius 2 is 1.49 bits per heavy atom. The maximum absolute atomic E-state index is 12.4. The van der Waals surface area contributed by atoms with E-state index < -0.39 is 18.2 Å². The lowest BCUT2D eigenvalue weighted by molar-refractivity contribution is 0.142. The van der Waals surface area contributed by atoms with Crippen LogP contribution in [-0.4, -0.2) is 37.1 Å². The molecule has 0 radical (unpaired) electrons. The van der Waals surface area contributed by atoms with E-state index in [4.69, 9.17) is 4.74 Å². The summed E-state index contributed by atoms with van der Waals surface area (Å²) in [4.78, 5) is 23.8. The van der Waals surface area contributed by atoms with Gasteiger partial charge in [0.15, 0.2) is 0 Å². The molecule has 2 amide bonds. The van der Waals surface area contributed by atoms with Gasteiger partial charge in [-0.05, 0) is 39.8 Å². The standard InChI is InChI=1S/C28H28N2O5/c1-18(31)26(30-28(33)34-2)15-19-11-13-20(14-12-19)16-29-27(32)35-17-25-23-9-5-3-7-21(23)22-8-4-6-10-24(22)25/h3-14,25-26,31H,1,15-17H2,2H3,(H,29,32)(H,30,33)/t26-/m0/s1. The quantitative estimate of drug-likeness (QED) is 0.398. The van der Waals surface area contributed by atoms with E-state index in [1.807, 2.05) is 48.5 Å². The van der Waals surface area contributed by atoms with Crippen LogP contribution in [0.3, 0.4) is 0 Å². The molecule has 180 valence electrons. The van der Waals surface area contributed by atoms with E-state index in [0.717, 1.165) is 11.1 Å². The van der Waals surface area contributed by atoms with Gasteiger partial charge in [-0.25, -0.2) is 9.59 Å². The Bertz CT molecular complexity index is 1180. The van der Waals surface area contributed by atoms with Crippen LogP contribution >= 0.6 is 0 Å². The monoisotopic (exact) mass is 472 g/mol. The highest BCUT2D eigenvalue weighted by atomic mass is 16.5. The molecular formula is C28H28N2O5. The number of aliphatic hydroxyl groups is 1. The Balaban J connectivity index is 1.29. The summed E-state index contributed by atoms with van der Waals surface area (Å²) in [6, 6.07) is 23.2. The third-order valence-corrected chi connectivity index (χ3v) is 6.12. The molecule has 35 heavy (non-hydrogen) atoms. The summed E-state index contributed by atoms with van der Waals surface area (Å²) in [5, 5.41) is 15.1. The first-order chi connectivity index (χ1) is 17.0. The minimum Gasteiger partial charge on any atom is -0.511 e. The second-order valence-corrected chi connectivity index (χ2v) is 8.38. The number of hydrogen-bond donors (Lipinski definition) is 3. The maximum atomic E-state index is 12.4. The van der Waals surface area contributed by atoms with Gasteiger partial charge in [-0.15, -0.1) is 0 Å². The average Bonchev–Trinajstić information content (AvgIpc) is 3.20. The summed E-state index contributed by atoms with van der Waals surface area (Å²) in [7, 11) is 1.25. The fraction of sp³-hybridized carbons (Fsp3) is 0.214. The van der Waals surface area contributed by atoms with Crippen molar-refractivity contribution in [2.24, 2.45) is 0 Å².